The van der Waals surface area contributed by atoms with Crippen molar-refractivity contribution in [2.45, 2.75) is 26.8 Å². The van der Waals surface area contributed by atoms with Gasteiger partial charge >= 0.3 is 0 Å². The van der Waals surface area contributed by atoms with Gasteiger partial charge in [-0.1, -0.05) is 0 Å². The predicted octanol–water partition coefficient (Wildman–Crippen LogP) is 1.75. The van der Waals surface area contributed by atoms with Gasteiger partial charge in [-0.2, -0.15) is 0 Å². The first-order valence-electron chi connectivity index (χ1n) is 6.45. The fraction of sp³-hybridized carbons (Fsp3) is 0.538. The molecule has 1 aromatic rings. The zero-order chi connectivity index (χ0) is 15.3. The van der Waals surface area contributed by atoms with E-state index in [1.165, 1.54) is 11.9 Å². The lowest BCUT2D eigenvalue weighted by Gasteiger charge is -2.20. The highest BCUT2D eigenvalue weighted by Crippen LogP contribution is 2.21. The van der Waals surface area contributed by atoms with Crippen molar-refractivity contribution in [3.05, 3.63) is 17.7 Å². The standard InChI is InChI=1S/C13H20F2N4O/c1-5-16-12-9(14)6-10(15)13(18-12)19(4)7-11(20)17-8(2)3/h6,8H,5,7H2,1-4H3,(H,16,18)(H,17,20). The Morgan fingerprint density at radius 2 is 2.05 bits per heavy atom. The van der Waals surface area contributed by atoms with E-state index in [0.717, 1.165) is 6.07 Å². The summed E-state index contributed by atoms with van der Waals surface area (Å²) in [5.74, 6) is -1.91. The normalized spacial score (nSPS) is 10.6. The molecule has 0 saturated heterocycles. The molecule has 0 saturated carbocycles. The van der Waals surface area contributed by atoms with Gasteiger partial charge in [-0.05, 0) is 20.8 Å². The molecule has 5 nitrogen and oxygen atoms in total. The van der Waals surface area contributed by atoms with Crippen molar-refractivity contribution < 1.29 is 13.6 Å². The number of hydrogen-bond donors (Lipinski definition) is 2. The van der Waals surface area contributed by atoms with E-state index in [2.05, 4.69) is 15.6 Å². The highest BCUT2D eigenvalue weighted by atomic mass is 19.1. The van der Waals surface area contributed by atoms with Gasteiger partial charge in [0.2, 0.25) is 5.91 Å². The van der Waals surface area contributed by atoms with Crippen LogP contribution in [-0.2, 0) is 4.79 Å². The van der Waals surface area contributed by atoms with Crippen molar-refractivity contribution in [3.63, 3.8) is 0 Å². The Morgan fingerprint density at radius 3 is 2.60 bits per heavy atom. The third-order valence-corrected chi connectivity index (χ3v) is 2.45. The molecule has 0 aromatic carbocycles. The van der Waals surface area contributed by atoms with Gasteiger partial charge in [0.25, 0.3) is 0 Å². The molecule has 1 aromatic heterocycles. The Labute approximate surface area is 117 Å². The number of carbonyl (C=O) groups is 1. The maximum atomic E-state index is 13.7. The molecule has 112 valence electrons. The largest absolute Gasteiger partial charge is 0.368 e. The van der Waals surface area contributed by atoms with Crippen LogP contribution in [0.3, 0.4) is 0 Å². The van der Waals surface area contributed by atoms with Crippen molar-refractivity contribution in [1.82, 2.24) is 10.3 Å². The molecular weight excluding hydrogens is 266 g/mol. The molecular formula is C13H20F2N4O. The number of nitrogens with one attached hydrogen (secondary N) is 2. The zero-order valence-corrected chi connectivity index (χ0v) is 12.1. The van der Waals surface area contributed by atoms with Crippen LogP contribution in [0.15, 0.2) is 6.07 Å². The highest BCUT2D eigenvalue weighted by Gasteiger charge is 2.17. The van der Waals surface area contributed by atoms with Gasteiger partial charge in [-0.25, -0.2) is 13.8 Å². The monoisotopic (exact) mass is 286 g/mol. The molecule has 0 spiro atoms. The summed E-state index contributed by atoms with van der Waals surface area (Å²) in [5.41, 5.74) is 0. The molecule has 0 aliphatic heterocycles. The Balaban J connectivity index is 2.89. The number of amides is 1. The van der Waals surface area contributed by atoms with Gasteiger partial charge in [-0.15, -0.1) is 0 Å². The summed E-state index contributed by atoms with van der Waals surface area (Å²) in [5, 5.41) is 5.40. The van der Waals surface area contributed by atoms with Crippen LogP contribution in [0, 0.1) is 11.6 Å². The maximum absolute atomic E-state index is 13.7. The van der Waals surface area contributed by atoms with Crippen LogP contribution in [0.25, 0.3) is 0 Å². The van der Waals surface area contributed by atoms with Gasteiger partial charge in [-0.3, -0.25) is 4.79 Å². The average Bonchev–Trinajstić information content (AvgIpc) is 2.31. The molecule has 0 atom stereocenters. The summed E-state index contributed by atoms with van der Waals surface area (Å²) < 4.78 is 27.2. The molecule has 0 bridgehead atoms. The van der Waals surface area contributed by atoms with E-state index in [9.17, 15) is 13.6 Å². The molecule has 0 fully saturated rings. The topological polar surface area (TPSA) is 57.3 Å². The molecule has 1 rings (SSSR count). The van der Waals surface area contributed by atoms with Crippen LogP contribution >= 0.6 is 0 Å². The summed E-state index contributed by atoms with van der Waals surface area (Å²) in [4.78, 5) is 16.9. The highest BCUT2D eigenvalue weighted by molar-refractivity contribution is 5.81. The van der Waals surface area contributed by atoms with E-state index < -0.39 is 11.6 Å². The Morgan fingerprint density at radius 1 is 1.40 bits per heavy atom. The van der Waals surface area contributed by atoms with Crippen molar-refractivity contribution >= 4 is 17.5 Å². The first-order valence-corrected chi connectivity index (χ1v) is 6.45. The van der Waals surface area contributed by atoms with Crippen LogP contribution in [-0.4, -0.2) is 37.1 Å². The van der Waals surface area contributed by atoms with Crippen LogP contribution in [0.5, 0.6) is 0 Å². The maximum Gasteiger partial charge on any atom is 0.239 e. The molecule has 0 unspecified atom stereocenters. The first-order chi connectivity index (χ1) is 9.35. The number of aromatic nitrogens is 1. The number of carbonyl (C=O) groups excluding carboxylic acids is 1. The zero-order valence-electron chi connectivity index (χ0n) is 12.1. The van der Waals surface area contributed by atoms with Crippen molar-refractivity contribution in [2.75, 3.05) is 30.4 Å². The summed E-state index contributed by atoms with van der Waals surface area (Å²) in [6.07, 6.45) is 0. The Kier molecular flexibility index (Phi) is 5.66. The predicted molar refractivity (Wildman–Crippen MR) is 74.9 cm³/mol. The van der Waals surface area contributed by atoms with Crippen molar-refractivity contribution in [3.8, 4) is 0 Å². The molecule has 7 heteroatoms. The summed E-state index contributed by atoms with van der Waals surface area (Å²) in [6.45, 7) is 5.85. The summed E-state index contributed by atoms with van der Waals surface area (Å²) >= 11 is 0. The summed E-state index contributed by atoms with van der Waals surface area (Å²) in [7, 11) is 1.53. The van der Waals surface area contributed by atoms with Crippen LogP contribution < -0.4 is 15.5 Å². The second kappa shape index (κ2) is 7.02. The minimum atomic E-state index is -0.802. The number of halogens is 2. The smallest absolute Gasteiger partial charge is 0.239 e. The lowest BCUT2D eigenvalue weighted by molar-refractivity contribution is -0.120. The van der Waals surface area contributed by atoms with E-state index in [0.29, 0.717) is 6.54 Å². The van der Waals surface area contributed by atoms with E-state index >= 15 is 0 Å². The minimum Gasteiger partial charge on any atom is -0.368 e. The SMILES string of the molecule is CCNc1nc(N(C)CC(=O)NC(C)C)c(F)cc1F. The fourth-order valence-electron chi connectivity index (χ4n) is 1.67. The van der Waals surface area contributed by atoms with E-state index in [-0.39, 0.29) is 30.1 Å². The third-order valence-electron chi connectivity index (χ3n) is 2.45. The molecule has 1 amide bonds. The van der Waals surface area contributed by atoms with Gasteiger partial charge in [0.1, 0.15) is 0 Å². The Bertz CT molecular complexity index is 480. The number of likely N-dealkylation sites (N-methyl/N-ethyl adjacent to an activating group) is 1. The lowest BCUT2D eigenvalue weighted by Crippen LogP contribution is -2.39. The molecule has 2 N–H and O–H groups in total. The first kappa shape index (κ1) is 16.1. The van der Waals surface area contributed by atoms with E-state index in [1.807, 2.05) is 13.8 Å². The van der Waals surface area contributed by atoms with Crippen LogP contribution in [0.1, 0.15) is 20.8 Å². The number of pyridine rings is 1. The number of nitrogens with zero attached hydrogens (tertiary/aromatic N) is 2. The van der Waals surface area contributed by atoms with Crippen LogP contribution in [0.2, 0.25) is 0 Å². The van der Waals surface area contributed by atoms with Crippen molar-refractivity contribution in [1.29, 1.82) is 0 Å². The number of hydrogen-bond acceptors (Lipinski definition) is 4. The second-order valence-corrected chi connectivity index (χ2v) is 4.73. The van der Waals surface area contributed by atoms with E-state index in [4.69, 9.17) is 0 Å². The van der Waals surface area contributed by atoms with Gasteiger partial charge in [0.15, 0.2) is 23.3 Å². The van der Waals surface area contributed by atoms with Gasteiger partial charge < -0.3 is 15.5 Å². The number of anilines is 2. The van der Waals surface area contributed by atoms with Crippen LogP contribution in [0.4, 0.5) is 20.4 Å². The lowest BCUT2D eigenvalue weighted by atomic mass is 10.3. The molecule has 0 aliphatic rings. The van der Waals surface area contributed by atoms with Gasteiger partial charge in [0, 0.05) is 25.7 Å². The van der Waals surface area contributed by atoms with E-state index in [1.54, 1.807) is 6.92 Å². The third kappa shape index (κ3) is 4.32. The molecule has 0 radical (unpaired) electrons. The van der Waals surface area contributed by atoms with Gasteiger partial charge in [0.05, 0.1) is 6.54 Å². The molecule has 0 aliphatic carbocycles. The number of rotatable bonds is 6. The quantitative estimate of drug-likeness (QED) is 0.836. The molecule has 20 heavy (non-hydrogen) atoms. The summed E-state index contributed by atoms with van der Waals surface area (Å²) in [6, 6.07) is 0.760. The van der Waals surface area contributed by atoms with Crippen molar-refractivity contribution in [2.24, 2.45) is 0 Å². The fourth-order valence-corrected chi connectivity index (χ4v) is 1.67. The average molecular weight is 286 g/mol. The minimum absolute atomic E-state index is 0.000701. The molecule has 1 heterocycles. The second-order valence-electron chi connectivity index (χ2n) is 4.73. The Hall–Kier alpha value is -1.92.